The monoisotopic (exact) mass is 390 g/mol. The molecule has 3 aromatic rings. The van der Waals surface area contributed by atoms with Crippen LogP contribution in [0.1, 0.15) is 34.3 Å². The lowest BCUT2D eigenvalue weighted by atomic mass is 10.1. The predicted molar refractivity (Wildman–Crippen MR) is 111 cm³/mol. The molecule has 0 radical (unpaired) electrons. The largest absolute Gasteiger partial charge is 0.356 e. The summed E-state index contributed by atoms with van der Waals surface area (Å²) in [5, 5.41) is 2.90. The Labute approximate surface area is 169 Å². The maximum atomic E-state index is 13.1. The average Bonchev–Trinajstić information content (AvgIpc) is 3.27. The second-order valence-electron chi connectivity index (χ2n) is 7.30. The minimum Gasteiger partial charge on any atom is -0.356 e. The summed E-state index contributed by atoms with van der Waals surface area (Å²) in [6.45, 7) is 4.10. The molecule has 0 aliphatic carbocycles. The van der Waals surface area contributed by atoms with Gasteiger partial charge in [0.25, 0.3) is 5.91 Å². The molecule has 29 heavy (non-hydrogen) atoms. The van der Waals surface area contributed by atoms with Crippen LogP contribution < -0.4 is 10.2 Å². The van der Waals surface area contributed by atoms with Crippen LogP contribution in [-0.2, 0) is 6.54 Å². The van der Waals surface area contributed by atoms with Crippen molar-refractivity contribution in [2.24, 2.45) is 0 Å². The van der Waals surface area contributed by atoms with Crippen molar-refractivity contribution in [3.8, 4) is 11.4 Å². The molecule has 1 fully saturated rings. The first kappa shape index (κ1) is 19.1. The standard InChI is InChI=1S/C23H23FN4O/c1-16-5-4-6-18(13-16)21-25-15-20(22(27-21)28-11-2-3-12-28)23(29)26-14-17-7-9-19(24)10-8-17/h4-10,13,15H,2-3,11-12,14H2,1H3,(H,26,29). The molecule has 0 atom stereocenters. The molecule has 148 valence electrons. The number of halogens is 1. The zero-order chi connectivity index (χ0) is 20.2. The minimum absolute atomic E-state index is 0.230. The van der Waals surface area contributed by atoms with E-state index in [0.29, 0.717) is 23.8 Å². The van der Waals surface area contributed by atoms with Crippen molar-refractivity contribution in [2.45, 2.75) is 26.3 Å². The van der Waals surface area contributed by atoms with Gasteiger partial charge in [0.2, 0.25) is 0 Å². The number of amides is 1. The van der Waals surface area contributed by atoms with Crippen molar-refractivity contribution in [3.63, 3.8) is 0 Å². The first-order valence-corrected chi connectivity index (χ1v) is 9.82. The second-order valence-corrected chi connectivity index (χ2v) is 7.30. The van der Waals surface area contributed by atoms with Crippen molar-refractivity contribution >= 4 is 11.7 Å². The minimum atomic E-state index is -0.295. The quantitative estimate of drug-likeness (QED) is 0.712. The third kappa shape index (κ3) is 4.42. The Bertz CT molecular complexity index is 1010. The normalized spacial score (nSPS) is 13.5. The average molecular weight is 390 g/mol. The Balaban J connectivity index is 1.61. The third-order valence-electron chi connectivity index (χ3n) is 5.06. The number of hydrogen-bond donors (Lipinski definition) is 1. The van der Waals surface area contributed by atoms with Gasteiger partial charge in [-0.15, -0.1) is 0 Å². The van der Waals surface area contributed by atoms with E-state index in [2.05, 4.69) is 15.2 Å². The summed E-state index contributed by atoms with van der Waals surface area (Å²) in [5.74, 6) is 0.764. The summed E-state index contributed by atoms with van der Waals surface area (Å²) in [6, 6.07) is 14.1. The van der Waals surface area contributed by atoms with Gasteiger partial charge in [-0.05, 0) is 43.5 Å². The Morgan fingerprint density at radius 2 is 1.90 bits per heavy atom. The summed E-state index contributed by atoms with van der Waals surface area (Å²) >= 11 is 0. The Hall–Kier alpha value is -3.28. The van der Waals surface area contributed by atoms with Crippen LogP contribution in [0.5, 0.6) is 0 Å². The number of aryl methyl sites for hydroxylation is 1. The molecule has 0 bridgehead atoms. The van der Waals surface area contributed by atoms with Crippen LogP contribution in [0.25, 0.3) is 11.4 Å². The van der Waals surface area contributed by atoms with Gasteiger partial charge in [0.05, 0.1) is 0 Å². The number of nitrogens with one attached hydrogen (secondary N) is 1. The highest BCUT2D eigenvalue weighted by Gasteiger charge is 2.22. The van der Waals surface area contributed by atoms with E-state index in [1.807, 2.05) is 31.2 Å². The van der Waals surface area contributed by atoms with E-state index < -0.39 is 0 Å². The van der Waals surface area contributed by atoms with E-state index in [9.17, 15) is 9.18 Å². The molecule has 1 saturated heterocycles. The van der Waals surface area contributed by atoms with Crippen LogP contribution in [0.2, 0.25) is 0 Å². The molecule has 4 rings (SSSR count). The fourth-order valence-electron chi connectivity index (χ4n) is 3.51. The van der Waals surface area contributed by atoms with E-state index >= 15 is 0 Å². The molecule has 0 unspecified atom stereocenters. The number of anilines is 1. The third-order valence-corrected chi connectivity index (χ3v) is 5.06. The summed E-state index contributed by atoms with van der Waals surface area (Å²) in [7, 11) is 0. The highest BCUT2D eigenvalue weighted by Crippen LogP contribution is 2.26. The van der Waals surface area contributed by atoms with Crippen LogP contribution in [0, 0.1) is 12.7 Å². The molecule has 1 amide bonds. The SMILES string of the molecule is Cc1cccc(-c2ncc(C(=O)NCc3ccc(F)cc3)c(N3CCCC3)n2)c1. The molecule has 1 aliphatic heterocycles. The van der Waals surface area contributed by atoms with Crippen molar-refractivity contribution in [1.82, 2.24) is 15.3 Å². The predicted octanol–water partition coefficient (Wildman–Crippen LogP) is 4.12. The van der Waals surface area contributed by atoms with Gasteiger partial charge in [0.1, 0.15) is 17.2 Å². The smallest absolute Gasteiger partial charge is 0.256 e. The van der Waals surface area contributed by atoms with E-state index in [1.54, 1.807) is 18.3 Å². The number of nitrogens with zero attached hydrogens (tertiary/aromatic N) is 3. The first-order chi connectivity index (χ1) is 14.1. The van der Waals surface area contributed by atoms with Gasteiger partial charge in [-0.1, -0.05) is 35.9 Å². The molecule has 2 aromatic carbocycles. The maximum absolute atomic E-state index is 13.1. The summed E-state index contributed by atoms with van der Waals surface area (Å²) in [4.78, 5) is 24.2. The van der Waals surface area contributed by atoms with Gasteiger partial charge >= 0.3 is 0 Å². The van der Waals surface area contributed by atoms with E-state index in [-0.39, 0.29) is 11.7 Å². The fourth-order valence-corrected chi connectivity index (χ4v) is 3.51. The van der Waals surface area contributed by atoms with Gasteiger partial charge in [0, 0.05) is 31.4 Å². The second kappa shape index (κ2) is 8.39. The van der Waals surface area contributed by atoms with E-state index in [0.717, 1.165) is 42.6 Å². The number of benzene rings is 2. The van der Waals surface area contributed by atoms with Crippen LogP contribution in [-0.4, -0.2) is 29.0 Å². The Kier molecular flexibility index (Phi) is 5.51. The van der Waals surface area contributed by atoms with Crippen molar-refractivity contribution < 1.29 is 9.18 Å². The van der Waals surface area contributed by atoms with Crippen molar-refractivity contribution in [2.75, 3.05) is 18.0 Å². The van der Waals surface area contributed by atoms with Crippen molar-refractivity contribution in [3.05, 3.63) is 77.2 Å². The van der Waals surface area contributed by atoms with E-state index in [1.165, 1.54) is 12.1 Å². The van der Waals surface area contributed by atoms with Crippen LogP contribution in [0.4, 0.5) is 10.2 Å². The molecule has 1 N–H and O–H groups in total. The molecule has 2 heterocycles. The Morgan fingerprint density at radius 3 is 2.62 bits per heavy atom. The van der Waals surface area contributed by atoms with Crippen LogP contribution >= 0.6 is 0 Å². The molecular weight excluding hydrogens is 367 g/mol. The van der Waals surface area contributed by atoms with Gasteiger partial charge in [-0.3, -0.25) is 4.79 Å². The zero-order valence-corrected chi connectivity index (χ0v) is 16.4. The highest BCUT2D eigenvalue weighted by molar-refractivity contribution is 5.99. The molecule has 6 heteroatoms. The Morgan fingerprint density at radius 1 is 1.14 bits per heavy atom. The lowest BCUT2D eigenvalue weighted by molar-refractivity contribution is 0.0950. The molecular formula is C23H23FN4O. The van der Waals surface area contributed by atoms with E-state index in [4.69, 9.17) is 4.98 Å². The number of carbonyl (C=O) groups is 1. The van der Waals surface area contributed by atoms with Gasteiger partial charge in [-0.2, -0.15) is 0 Å². The molecule has 0 spiro atoms. The number of carbonyl (C=O) groups excluding carboxylic acids is 1. The lowest BCUT2D eigenvalue weighted by Gasteiger charge is -2.20. The number of aromatic nitrogens is 2. The van der Waals surface area contributed by atoms with Gasteiger partial charge in [-0.25, -0.2) is 14.4 Å². The summed E-state index contributed by atoms with van der Waals surface area (Å²) in [5.41, 5.74) is 3.36. The van der Waals surface area contributed by atoms with Gasteiger partial charge < -0.3 is 10.2 Å². The number of hydrogen-bond acceptors (Lipinski definition) is 4. The molecule has 5 nitrogen and oxygen atoms in total. The number of rotatable bonds is 5. The van der Waals surface area contributed by atoms with Crippen LogP contribution in [0.3, 0.4) is 0 Å². The first-order valence-electron chi connectivity index (χ1n) is 9.82. The highest BCUT2D eigenvalue weighted by atomic mass is 19.1. The van der Waals surface area contributed by atoms with Gasteiger partial charge in [0.15, 0.2) is 5.82 Å². The molecule has 0 saturated carbocycles. The van der Waals surface area contributed by atoms with Crippen molar-refractivity contribution in [1.29, 1.82) is 0 Å². The maximum Gasteiger partial charge on any atom is 0.256 e. The molecule has 1 aromatic heterocycles. The topological polar surface area (TPSA) is 58.1 Å². The fraction of sp³-hybridized carbons (Fsp3) is 0.261. The molecule has 1 aliphatic rings. The summed E-state index contributed by atoms with van der Waals surface area (Å²) in [6.07, 6.45) is 3.78. The lowest BCUT2D eigenvalue weighted by Crippen LogP contribution is -2.28. The summed E-state index contributed by atoms with van der Waals surface area (Å²) < 4.78 is 13.1. The van der Waals surface area contributed by atoms with Crippen LogP contribution in [0.15, 0.2) is 54.7 Å². The zero-order valence-electron chi connectivity index (χ0n) is 16.4.